The van der Waals surface area contributed by atoms with Crippen molar-refractivity contribution in [3.8, 4) is 0 Å². The van der Waals surface area contributed by atoms with Crippen molar-refractivity contribution in [1.82, 2.24) is 14.7 Å². The first-order valence-electron chi connectivity index (χ1n) is 5.88. The Morgan fingerprint density at radius 1 is 1.55 bits per heavy atom. The molecule has 3 heterocycles. The van der Waals surface area contributed by atoms with E-state index in [1.54, 1.807) is 0 Å². The molecule has 20 heavy (non-hydrogen) atoms. The number of nitrogens with zero attached hydrogens (tertiary/aromatic N) is 3. The summed E-state index contributed by atoms with van der Waals surface area (Å²) in [5, 5.41) is 11.7. The van der Waals surface area contributed by atoms with Gasteiger partial charge in [-0.15, -0.1) is 0 Å². The molecule has 6 nitrogen and oxygen atoms in total. The summed E-state index contributed by atoms with van der Waals surface area (Å²) in [5.41, 5.74) is 0. The summed E-state index contributed by atoms with van der Waals surface area (Å²) in [5.74, 6) is -1.86. The van der Waals surface area contributed by atoms with E-state index in [4.69, 9.17) is 9.90 Å². The first-order valence-corrected chi connectivity index (χ1v) is 6.65. The van der Waals surface area contributed by atoms with Crippen molar-refractivity contribution in [1.29, 1.82) is 0 Å². The van der Waals surface area contributed by atoms with Crippen molar-refractivity contribution in [2.45, 2.75) is 31.6 Å². The Bertz CT molecular complexity index is 493. The standard InChI is InChI=1S/C8H12N4S.C2HF3O2/c1-5-10-8(13-11-5)12-4-6-2-7(12)3-9-6;3-2(4,5)1(6)7/h6-7,9H,2-4H2,1H3;(H,6,7)/t6-,7-;/m1./s1. The average Bonchev–Trinajstić information content (AvgIpc) is 3.03. The van der Waals surface area contributed by atoms with Crippen LogP contribution < -0.4 is 10.2 Å². The van der Waals surface area contributed by atoms with Crippen LogP contribution in [0.2, 0.25) is 0 Å². The van der Waals surface area contributed by atoms with Crippen LogP contribution in [0.1, 0.15) is 12.2 Å². The lowest BCUT2D eigenvalue weighted by Gasteiger charge is -2.26. The van der Waals surface area contributed by atoms with E-state index in [0.29, 0.717) is 12.1 Å². The van der Waals surface area contributed by atoms with Gasteiger partial charge in [0.1, 0.15) is 5.82 Å². The first-order chi connectivity index (χ1) is 9.27. The lowest BCUT2D eigenvalue weighted by atomic mass is 10.2. The maximum Gasteiger partial charge on any atom is 0.490 e. The summed E-state index contributed by atoms with van der Waals surface area (Å²) in [7, 11) is 0. The predicted octanol–water partition coefficient (Wildman–Crippen LogP) is 1.03. The van der Waals surface area contributed by atoms with Crippen LogP contribution in [0.5, 0.6) is 0 Å². The van der Waals surface area contributed by atoms with Gasteiger partial charge in [-0.25, -0.2) is 9.78 Å². The molecular weight excluding hydrogens is 297 g/mol. The van der Waals surface area contributed by atoms with Crippen molar-refractivity contribution in [2.24, 2.45) is 0 Å². The Morgan fingerprint density at radius 3 is 2.55 bits per heavy atom. The number of rotatable bonds is 1. The minimum atomic E-state index is -5.08. The third kappa shape index (κ3) is 3.37. The maximum atomic E-state index is 10.6. The van der Waals surface area contributed by atoms with E-state index in [1.807, 2.05) is 6.92 Å². The van der Waals surface area contributed by atoms with E-state index in [9.17, 15) is 13.2 Å². The van der Waals surface area contributed by atoms with E-state index >= 15 is 0 Å². The lowest BCUT2D eigenvalue weighted by molar-refractivity contribution is -0.192. The fraction of sp³-hybridized carbons (Fsp3) is 0.700. The smallest absolute Gasteiger partial charge is 0.475 e. The van der Waals surface area contributed by atoms with Gasteiger partial charge >= 0.3 is 12.1 Å². The molecule has 0 aliphatic carbocycles. The largest absolute Gasteiger partial charge is 0.490 e. The monoisotopic (exact) mass is 310 g/mol. The quantitative estimate of drug-likeness (QED) is 0.807. The van der Waals surface area contributed by atoms with Crippen molar-refractivity contribution in [2.75, 3.05) is 18.0 Å². The topological polar surface area (TPSA) is 78.4 Å². The number of aromatic nitrogens is 2. The minimum Gasteiger partial charge on any atom is -0.475 e. The zero-order chi connectivity index (χ0) is 14.9. The van der Waals surface area contributed by atoms with Crippen LogP contribution in [0.25, 0.3) is 0 Å². The first kappa shape index (κ1) is 15.0. The number of halogens is 3. The molecule has 1 aromatic heterocycles. The van der Waals surface area contributed by atoms with Crippen LogP contribution in [-0.4, -0.2) is 51.8 Å². The zero-order valence-electron chi connectivity index (χ0n) is 10.5. The highest BCUT2D eigenvalue weighted by atomic mass is 32.1. The molecule has 0 spiro atoms. The molecular formula is C10H13F3N4O2S. The molecule has 0 amide bonds. The highest BCUT2D eigenvalue weighted by Gasteiger charge is 2.39. The summed E-state index contributed by atoms with van der Waals surface area (Å²) in [6.07, 6.45) is -3.81. The molecule has 112 valence electrons. The summed E-state index contributed by atoms with van der Waals surface area (Å²) in [6, 6.07) is 1.35. The van der Waals surface area contributed by atoms with Gasteiger partial charge < -0.3 is 15.3 Å². The maximum absolute atomic E-state index is 10.6. The number of alkyl halides is 3. The number of carboxylic acid groups (broad SMARTS) is 1. The molecule has 10 heteroatoms. The van der Waals surface area contributed by atoms with Gasteiger partial charge in [-0.2, -0.15) is 17.5 Å². The second-order valence-corrected chi connectivity index (χ2v) is 5.30. The fourth-order valence-corrected chi connectivity index (χ4v) is 2.95. The highest BCUT2D eigenvalue weighted by molar-refractivity contribution is 7.09. The van der Waals surface area contributed by atoms with Crippen LogP contribution in [0.4, 0.5) is 18.3 Å². The van der Waals surface area contributed by atoms with E-state index in [-0.39, 0.29) is 0 Å². The number of piperazine rings is 1. The van der Waals surface area contributed by atoms with Crippen molar-refractivity contribution in [3.63, 3.8) is 0 Å². The predicted molar refractivity (Wildman–Crippen MR) is 65.9 cm³/mol. The Labute approximate surface area is 116 Å². The molecule has 1 aromatic rings. The number of carbonyl (C=O) groups is 1. The Balaban J connectivity index is 0.000000182. The number of hydrogen-bond acceptors (Lipinski definition) is 6. The van der Waals surface area contributed by atoms with E-state index in [0.717, 1.165) is 24.0 Å². The molecule has 0 unspecified atom stereocenters. The molecule has 2 fully saturated rings. The minimum absolute atomic E-state index is 0.664. The van der Waals surface area contributed by atoms with Crippen molar-refractivity contribution < 1.29 is 23.1 Å². The van der Waals surface area contributed by atoms with Crippen molar-refractivity contribution >= 4 is 22.6 Å². The number of nitrogens with one attached hydrogen (secondary N) is 1. The average molecular weight is 310 g/mol. The normalized spacial score (nSPS) is 24.5. The Morgan fingerprint density at radius 2 is 2.20 bits per heavy atom. The van der Waals surface area contributed by atoms with E-state index in [2.05, 4.69) is 19.6 Å². The van der Waals surface area contributed by atoms with E-state index < -0.39 is 12.1 Å². The number of fused-ring (bicyclic) bond motifs is 2. The molecule has 0 aromatic carbocycles. The third-order valence-electron chi connectivity index (χ3n) is 3.06. The molecule has 3 rings (SSSR count). The molecule has 2 aliphatic rings. The number of hydrogen-bond donors (Lipinski definition) is 2. The van der Waals surface area contributed by atoms with Crippen LogP contribution in [0.3, 0.4) is 0 Å². The Hall–Kier alpha value is -1.42. The van der Waals surface area contributed by atoms with Crippen LogP contribution in [-0.2, 0) is 4.79 Å². The second-order valence-electron chi connectivity index (χ2n) is 4.57. The third-order valence-corrected chi connectivity index (χ3v) is 3.91. The van der Waals surface area contributed by atoms with Gasteiger partial charge in [0.2, 0.25) is 5.13 Å². The molecule has 0 saturated carbocycles. The molecule has 2 atom stereocenters. The molecule has 2 bridgehead atoms. The van der Waals surface area contributed by atoms with Crippen LogP contribution in [0, 0.1) is 6.92 Å². The molecule has 2 aliphatic heterocycles. The molecule has 2 N–H and O–H groups in total. The summed E-state index contributed by atoms with van der Waals surface area (Å²) < 4.78 is 35.9. The fourth-order valence-electron chi connectivity index (χ4n) is 2.20. The van der Waals surface area contributed by atoms with E-state index in [1.165, 1.54) is 18.0 Å². The Kier molecular flexibility index (Phi) is 4.14. The number of carboxylic acids is 1. The van der Waals surface area contributed by atoms with Crippen LogP contribution >= 0.6 is 11.5 Å². The van der Waals surface area contributed by atoms with Crippen LogP contribution in [0.15, 0.2) is 0 Å². The number of aryl methyl sites for hydroxylation is 1. The van der Waals surface area contributed by atoms with Gasteiger partial charge in [0.15, 0.2) is 0 Å². The number of anilines is 1. The molecule has 0 radical (unpaired) electrons. The highest BCUT2D eigenvalue weighted by Crippen LogP contribution is 2.30. The van der Waals surface area contributed by atoms with Crippen molar-refractivity contribution in [3.05, 3.63) is 5.82 Å². The molecule has 2 saturated heterocycles. The summed E-state index contributed by atoms with van der Waals surface area (Å²) in [6.45, 7) is 4.18. The SMILES string of the molecule is Cc1nsc(N2C[C@H]3C[C@@H]2CN3)n1.O=C(O)C(F)(F)F. The van der Waals surface area contributed by atoms with Gasteiger partial charge in [0.25, 0.3) is 0 Å². The van der Waals surface area contributed by atoms with Gasteiger partial charge in [-0.3, -0.25) is 0 Å². The second kappa shape index (κ2) is 5.52. The summed E-state index contributed by atoms with van der Waals surface area (Å²) >= 11 is 1.52. The van der Waals surface area contributed by atoms with Gasteiger partial charge in [-0.05, 0) is 13.3 Å². The van der Waals surface area contributed by atoms with Gasteiger partial charge in [0.05, 0.1) is 0 Å². The zero-order valence-corrected chi connectivity index (χ0v) is 11.3. The summed E-state index contributed by atoms with van der Waals surface area (Å²) in [4.78, 5) is 15.7. The van der Waals surface area contributed by atoms with Gasteiger partial charge in [-0.1, -0.05) is 0 Å². The lowest BCUT2D eigenvalue weighted by Crippen LogP contribution is -2.43. The van der Waals surface area contributed by atoms with Gasteiger partial charge in [0, 0.05) is 36.7 Å². The number of aliphatic carboxylic acids is 1.